The molecule has 0 spiro atoms. The van der Waals surface area contributed by atoms with Crippen LogP contribution in [0.15, 0.2) is 11.8 Å². The normalized spacial score (nSPS) is 28.1. The Kier molecular flexibility index (Phi) is 4.99. The lowest BCUT2D eigenvalue weighted by Crippen LogP contribution is -2.49. The summed E-state index contributed by atoms with van der Waals surface area (Å²) in [6.07, 6.45) is 1.73. The molecule has 2 aliphatic rings. The zero-order chi connectivity index (χ0) is 14.5. The van der Waals surface area contributed by atoms with Gasteiger partial charge in [-0.15, -0.1) is 0 Å². The molecule has 0 aromatic carbocycles. The Bertz CT molecular complexity index is 413. The molecule has 0 aromatic heterocycles. The number of nitrogens with one attached hydrogen (secondary N) is 1. The molecule has 0 aromatic rings. The second kappa shape index (κ2) is 6.73. The van der Waals surface area contributed by atoms with Gasteiger partial charge in [0.25, 0.3) is 5.91 Å². The largest absolute Gasteiger partial charge is 0.374 e. The number of amides is 1. The predicted octanol–water partition coefficient (Wildman–Crippen LogP) is -0.0651. The summed E-state index contributed by atoms with van der Waals surface area (Å²) >= 11 is 0. The van der Waals surface area contributed by atoms with E-state index in [0.717, 1.165) is 26.2 Å². The van der Waals surface area contributed by atoms with Gasteiger partial charge in [-0.3, -0.25) is 4.79 Å². The minimum atomic E-state index is -0.187. The second-order valence-electron chi connectivity index (χ2n) is 5.41. The van der Waals surface area contributed by atoms with Gasteiger partial charge < -0.3 is 19.9 Å². The van der Waals surface area contributed by atoms with Gasteiger partial charge in [0.05, 0.1) is 12.2 Å². The summed E-state index contributed by atoms with van der Waals surface area (Å²) in [7, 11) is 0. The summed E-state index contributed by atoms with van der Waals surface area (Å²) in [5.41, 5.74) is 0.216. The molecule has 1 amide bonds. The van der Waals surface area contributed by atoms with Crippen molar-refractivity contribution < 1.29 is 9.53 Å². The number of hydrogen-bond donors (Lipinski definition) is 1. The molecule has 2 saturated heterocycles. The van der Waals surface area contributed by atoms with E-state index in [0.29, 0.717) is 13.1 Å². The van der Waals surface area contributed by atoms with E-state index < -0.39 is 0 Å². The van der Waals surface area contributed by atoms with E-state index in [2.05, 4.69) is 5.32 Å². The summed E-state index contributed by atoms with van der Waals surface area (Å²) in [5.74, 6) is -0.187. The molecule has 0 radical (unpaired) electrons. The molecule has 6 nitrogen and oxygen atoms in total. The maximum absolute atomic E-state index is 12.4. The molecular formula is C14H22N4O2. The van der Waals surface area contributed by atoms with E-state index in [1.165, 1.54) is 0 Å². The van der Waals surface area contributed by atoms with Crippen molar-refractivity contribution in [2.45, 2.75) is 26.1 Å². The average molecular weight is 278 g/mol. The fourth-order valence-corrected chi connectivity index (χ4v) is 2.64. The number of hydrogen-bond acceptors (Lipinski definition) is 5. The van der Waals surface area contributed by atoms with E-state index in [1.807, 2.05) is 24.8 Å². The van der Waals surface area contributed by atoms with Crippen molar-refractivity contribution in [1.29, 1.82) is 5.26 Å². The van der Waals surface area contributed by atoms with Crippen LogP contribution in [0.1, 0.15) is 13.8 Å². The lowest BCUT2D eigenvalue weighted by atomic mass is 10.2. The molecule has 20 heavy (non-hydrogen) atoms. The summed E-state index contributed by atoms with van der Waals surface area (Å²) in [4.78, 5) is 16.2. The number of ether oxygens (including phenoxy) is 1. The highest BCUT2D eigenvalue weighted by Crippen LogP contribution is 2.14. The standard InChI is InChI=1S/C14H22N4O2/c1-11-8-18(9-12(2)20-11)14(19)13(7-15)10-17-5-3-16-4-6-17/h10-12,16H,3-6,8-9H2,1-2H3/b13-10-. The van der Waals surface area contributed by atoms with Crippen LogP contribution in [-0.2, 0) is 9.53 Å². The summed E-state index contributed by atoms with van der Waals surface area (Å²) in [6, 6.07) is 2.04. The van der Waals surface area contributed by atoms with Crippen molar-refractivity contribution in [3.63, 3.8) is 0 Å². The molecule has 6 heteroatoms. The molecule has 1 N–H and O–H groups in total. The monoisotopic (exact) mass is 278 g/mol. The molecule has 0 saturated carbocycles. The van der Waals surface area contributed by atoms with Crippen molar-refractivity contribution in [3.8, 4) is 6.07 Å². The van der Waals surface area contributed by atoms with E-state index >= 15 is 0 Å². The van der Waals surface area contributed by atoms with Crippen molar-refractivity contribution in [1.82, 2.24) is 15.1 Å². The smallest absolute Gasteiger partial charge is 0.266 e. The predicted molar refractivity (Wildman–Crippen MR) is 74.7 cm³/mol. The van der Waals surface area contributed by atoms with Crippen LogP contribution >= 0.6 is 0 Å². The first kappa shape index (κ1) is 14.8. The Morgan fingerprint density at radius 2 is 1.90 bits per heavy atom. The highest BCUT2D eigenvalue weighted by atomic mass is 16.5. The number of carbonyl (C=O) groups is 1. The van der Waals surface area contributed by atoms with Crippen molar-refractivity contribution in [3.05, 3.63) is 11.8 Å². The fraction of sp³-hybridized carbons (Fsp3) is 0.714. The van der Waals surface area contributed by atoms with Gasteiger partial charge in [0.15, 0.2) is 0 Å². The maximum Gasteiger partial charge on any atom is 0.266 e. The molecule has 0 aliphatic carbocycles. The quantitative estimate of drug-likeness (QED) is 0.566. The lowest BCUT2D eigenvalue weighted by Gasteiger charge is -2.35. The van der Waals surface area contributed by atoms with Gasteiger partial charge in [-0.2, -0.15) is 5.26 Å². The molecule has 2 heterocycles. The zero-order valence-electron chi connectivity index (χ0n) is 12.1. The minimum absolute atomic E-state index is 0.0156. The SMILES string of the molecule is CC1CN(C(=O)/C(C#N)=C\N2CCNCC2)CC(C)O1. The van der Waals surface area contributed by atoms with Gasteiger partial charge in [0.1, 0.15) is 11.6 Å². The van der Waals surface area contributed by atoms with Crippen LogP contribution in [0, 0.1) is 11.3 Å². The number of morpholine rings is 1. The first-order valence-corrected chi connectivity index (χ1v) is 7.11. The lowest BCUT2D eigenvalue weighted by molar-refractivity contribution is -0.138. The first-order chi connectivity index (χ1) is 9.60. The van der Waals surface area contributed by atoms with Crippen molar-refractivity contribution in [2.75, 3.05) is 39.3 Å². The van der Waals surface area contributed by atoms with Gasteiger partial charge in [-0.05, 0) is 13.8 Å². The van der Waals surface area contributed by atoms with Crippen LogP contribution in [0.5, 0.6) is 0 Å². The van der Waals surface area contributed by atoms with Crippen LogP contribution in [0.4, 0.5) is 0 Å². The third-order valence-corrected chi connectivity index (χ3v) is 3.52. The Balaban J connectivity index is 2.04. The van der Waals surface area contributed by atoms with E-state index in [4.69, 9.17) is 4.74 Å². The molecule has 2 aliphatic heterocycles. The van der Waals surface area contributed by atoms with Crippen LogP contribution in [0.3, 0.4) is 0 Å². The summed E-state index contributed by atoms with van der Waals surface area (Å²) in [6.45, 7) is 8.41. The van der Waals surface area contributed by atoms with Crippen LogP contribution < -0.4 is 5.32 Å². The van der Waals surface area contributed by atoms with Crippen LogP contribution in [0.25, 0.3) is 0 Å². The molecule has 0 bridgehead atoms. The number of rotatable bonds is 2. The van der Waals surface area contributed by atoms with E-state index in [-0.39, 0.29) is 23.7 Å². The Morgan fingerprint density at radius 3 is 2.45 bits per heavy atom. The third kappa shape index (κ3) is 3.71. The topological polar surface area (TPSA) is 68.6 Å². The molecule has 2 atom stereocenters. The molecule has 110 valence electrons. The van der Waals surface area contributed by atoms with Gasteiger partial charge in [-0.25, -0.2) is 0 Å². The zero-order valence-corrected chi connectivity index (χ0v) is 12.1. The Morgan fingerprint density at radius 1 is 1.30 bits per heavy atom. The van der Waals surface area contributed by atoms with Gasteiger partial charge >= 0.3 is 0 Å². The van der Waals surface area contributed by atoms with Crippen LogP contribution in [-0.4, -0.2) is 67.2 Å². The Hall–Kier alpha value is -1.58. The number of carbonyl (C=O) groups excluding carboxylic acids is 1. The summed E-state index contributed by atoms with van der Waals surface area (Å²) in [5, 5.41) is 12.5. The van der Waals surface area contributed by atoms with Crippen LogP contribution in [0.2, 0.25) is 0 Å². The summed E-state index contributed by atoms with van der Waals surface area (Å²) < 4.78 is 5.61. The van der Waals surface area contributed by atoms with Crippen molar-refractivity contribution >= 4 is 5.91 Å². The average Bonchev–Trinajstić information content (AvgIpc) is 2.44. The van der Waals surface area contributed by atoms with Gasteiger partial charge in [-0.1, -0.05) is 0 Å². The van der Waals surface area contributed by atoms with Crippen molar-refractivity contribution in [2.24, 2.45) is 0 Å². The van der Waals surface area contributed by atoms with E-state index in [1.54, 1.807) is 11.1 Å². The molecule has 2 rings (SSSR count). The molecule has 2 unspecified atom stereocenters. The highest BCUT2D eigenvalue weighted by Gasteiger charge is 2.28. The number of nitriles is 1. The number of nitrogens with zero attached hydrogens (tertiary/aromatic N) is 3. The number of piperazine rings is 1. The fourth-order valence-electron chi connectivity index (χ4n) is 2.64. The van der Waals surface area contributed by atoms with E-state index in [9.17, 15) is 10.1 Å². The third-order valence-electron chi connectivity index (χ3n) is 3.52. The maximum atomic E-state index is 12.4. The minimum Gasteiger partial charge on any atom is -0.374 e. The first-order valence-electron chi connectivity index (χ1n) is 7.11. The van der Waals surface area contributed by atoms with Gasteiger partial charge in [0.2, 0.25) is 0 Å². The highest BCUT2D eigenvalue weighted by molar-refractivity contribution is 5.97. The molecular weight excluding hydrogens is 256 g/mol. The second-order valence-corrected chi connectivity index (χ2v) is 5.41. The van der Waals surface area contributed by atoms with Gasteiger partial charge in [0, 0.05) is 45.5 Å². The Labute approximate surface area is 120 Å². The molecule has 2 fully saturated rings.